The Morgan fingerprint density at radius 2 is 1.47 bits per heavy atom. The quantitative estimate of drug-likeness (QED) is 0.253. The zero-order valence-corrected chi connectivity index (χ0v) is 23.1. The molecule has 2 amide bonds. The van der Waals surface area contributed by atoms with Gasteiger partial charge in [-0.25, -0.2) is 9.69 Å². The fraction of sp³-hybridized carbons (Fsp3) is 0.250. The Morgan fingerprint density at radius 3 is 2.03 bits per heavy atom. The summed E-state index contributed by atoms with van der Waals surface area (Å²) in [4.78, 5) is 54.7. The monoisotopic (exact) mass is 602 g/mol. The van der Waals surface area contributed by atoms with Gasteiger partial charge in [0, 0.05) is 42.9 Å². The van der Waals surface area contributed by atoms with Crippen molar-refractivity contribution in [2.45, 2.75) is 26.9 Å². The number of benzene rings is 2. The predicted octanol–water partition coefficient (Wildman–Crippen LogP) is 4.34. The van der Waals surface area contributed by atoms with E-state index in [1.807, 2.05) is 0 Å². The van der Waals surface area contributed by atoms with Crippen LogP contribution >= 0.6 is 23.2 Å². The van der Waals surface area contributed by atoms with Crippen molar-refractivity contribution in [2.24, 2.45) is 10.2 Å². The first-order valence-electron chi connectivity index (χ1n) is 11.2. The number of rotatable bonds is 6. The van der Waals surface area contributed by atoms with Gasteiger partial charge < -0.3 is 10.0 Å². The molecule has 0 saturated carbocycles. The zero-order valence-electron chi connectivity index (χ0n) is 20.6. The average molecular weight is 604 g/mol. The molecule has 4 rings (SSSR count). The van der Waals surface area contributed by atoms with Gasteiger partial charge in [-0.1, -0.05) is 23.2 Å². The number of aromatic hydroxyl groups is 1. The third-order valence-corrected chi connectivity index (χ3v) is 6.28. The third-order valence-electron chi connectivity index (χ3n) is 5.84. The standard InChI is InChI=1S/C24H22Cl2N6O5.Ni/c1-5-30-22(35)19(23(36)31(6-2)24(30)37)28-27-17-11-14(29(3)4)10-16-18(17)21(34)32(20(16)33)15-8-12(25)7-13(26)9-15;/h7-11,35H,5-6H2,1-4H3;/q;+2. The minimum atomic E-state index is -0.837. The van der Waals surface area contributed by atoms with Crippen LogP contribution in [0.15, 0.2) is 50.1 Å². The molecule has 2 heterocycles. The third kappa shape index (κ3) is 4.87. The van der Waals surface area contributed by atoms with Crippen LogP contribution in [0.1, 0.15) is 34.6 Å². The number of carbonyl (C=O) groups is 2. The summed E-state index contributed by atoms with van der Waals surface area (Å²) in [6.45, 7) is 3.37. The molecule has 1 aromatic heterocycles. The Labute approximate surface area is 236 Å². The second-order valence-corrected chi connectivity index (χ2v) is 9.18. The Kier molecular flexibility index (Phi) is 8.50. The molecule has 1 aliphatic heterocycles. The van der Waals surface area contributed by atoms with Crippen LogP contribution in [-0.4, -0.2) is 40.2 Å². The van der Waals surface area contributed by atoms with Gasteiger partial charge in [-0.3, -0.25) is 23.5 Å². The van der Waals surface area contributed by atoms with Gasteiger partial charge in [0.2, 0.25) is 11.6 Å². The van der Waals surface area contributed by atoms with Crippen molar-refractivity contribution in [3.63, 3.8) is 0 Å². The molecule has 0 fully saturated rings. The molecule has 0 radical (unpaired) electrons. The summed E-state index contributed by atoms with van der Waals surface area (Å²) >= 11 is 12.2. The first-order chi connectivity index (χ1) is 17.5. The molecular weight excluding hydrogens is 582 g/mol. The maximum absolute atomic E-state index is 13.5. The molecule has 0 spiro atoms. The number of carbonyl (C=O) groups excluding carboxylic acids is 2. The van der Waals surface area contributed by atoms with Crippen LogP contribution in [0.3, 0.4) is 0 Å². The normalized spacial score (nSPS) is 12.7. The second-order valence-electron chi connectivity index (χ2n) is 8.30. The van der Waals surface area contributed by atoms with Gasteiger partial charge in [-0.2, -0.15) is 0 Å². The van der Waals surface area contributed by atoms with Gasteiger partial charge in [-0.15, -0.1) is 10.2 Å². The maximum atomic E-state index is 13.5. The molecule has 11 nitrogen and oxygen atoms in total. The molecular formula is C24H22Cl2N6NiO5+2. The molecule has 14 heteroatoms. The van der Waals surface area contributed by atoms with E-state index in [1.54, 1.807) is 38.9 Å². The number of azo groups is 1. The average Bonchev–Trinajstić information content (AvgIpc) is 3.08. The molecule has 1 N–H and O–H groups in total. The van der Waals surface area contributed by atoms with E-state index in [1.165, 1.54) is 24.3 Å². The summed E-state index contributed by atoms with van der Waals surface area (Å²) in [7, 11) is 3.47. The number of fused-ring (bicyclic) bond motifs is 1. The van der Waals surface area contributed by atoms with E-state index in [2.05, 4.69) is 10.2 Å². The van der Waals surface area contributed by atoms with Gasteiger partial charge >= 0.3 is 22.2 Å². The van der Waals surface area contributed by atoms with Crippen LogP contribution in [0.5, 0.6) is 5.88 Å². The molecule has 0 bridgehead atoms. The molecule has 0 atom stereocenters. The number of imide groups is 1. The van der Waals surface area contributed by atoms with E-state index in [-0.39, 0.29) is 62.1 Å². The van der Waals surface area contributed by atoms with Crippen molar-refractivity contribution < 1.29 is 31.2 Å². The van der Waals surface area contributed by atoms with Crippen molar-refractivity contribution in [2.75, 3.05) is 23.9 Å². The van der Waals surface area contributed by atoms with Crippen LogP contribution in [0.4, 0.5) is 22.7 Å². The van der Waals surface area contributed by atoms with Gasteiger partial charge in [0.1, 0.15) is 5.69 Å². The van der Waals surface area contributed by atoms with E-state index in [0.717, 1.165) is 14.0 Å². The summed E-state index contributed by atoms with van der Waals surface area (Å²) < 4.78 is 1.90. The minimum Gasteiger partial charge on any atom is -0.493 e. The van der Waals surface area contributed by atoms with E-state index >= 15 is 0 Å². The molecule has 38 heavy (non-hydrogen) atoms. The van der Waals surface area contributed by atoms with Crippen LogP contribution in [0.2, 0.25) is 10.0 Å². The Bertz CT molecular complexity index is 1590. The molecule has 200 valence electrons. The molecule has 0 aliphatic carbocycles. The van der Waals surface area contributed by atoms with Crippen molar-refractivity contribution >= 4 is 57.8 Å². The number of halogens is 2. The van der Waals surface area contributed by atoms with Gasteiger partial charge in [0.25, 0.3) is 17.4 Å². The summed E-state index contributed by atoms with van der Waals surface area (Å²) in [5, 5.41) is 19.1. The summed E-state index contributed by atoms with van der Waals surface area (Å²) in [5.74, 6) is -1.95. The Morgan fingerprint density at radius 1 is 0.868 bits per heavy atom. The molecule has 0 unspecified atom stereocenters. The Balaban J connectivity index is 0.00000400. The van der Waals surface area contributed by atoms with Gasteiger partial charge in [0.05, 0.1) is 16.8 Å². The van der Waals surface area contributed by atoms with E-state index < -0.39 is 34.6 Å². The largest absolute Gasteiger partial charge is 2.00 e. The van der Waals surface area contributed by atoms with Crippen molar-refractivity contribution in [1.29, 1.82) is 0 Å². The topological polar surface area (TPSA) is 130 Å². The number of aromatic nitrogens is 2. The van der Waals surface area contributed by atoms with Gasteiger partial charge in [-0.05, 0) is 44.2 Å². The van der Waals surface area contributed by atoms with Crippen LogP contribution in [0, 0.1) is 0 Å². The van der Waals surface area contributed by atoms with Crippen LogP contribution in [0.25, 0.3) is 0 Å². The van der Waals surface area contributed by atoms with E-state index in [9.17, 15) is 24.3 Å². The van der Waals surface area contributed by atoms with Crippen molar-refractivity contribution in [3.05, 3.63) is 72.3 Å². The number of anilines is 2. The van der Waals surface area contributed by atoms with Gasteiger partial charge in [0.15, 0.2) is 0 Å². The molecule has 0 saturated heterocycles. The first kappa shape index (κ1) is 29.1. The van der Waals surface area contributed by atoms with E-state index in [0.29, 0.717) is 5.69 Å². The van der Waals surface area contributed by atoms with Crippen LogP contribution < -0.4 is 21.0 Å². The SMILES string of the molecule is CCn1c(O)c(N=Nc2cc(N(C)C)cc3c2C(=O)N(c2cc(Cl)cc(Cl)c2)C3=O)c(=O)n(CC)c1=O.[Ni+2]. The first-order valence-corrected chi connectivity index (χ1v) is 11.9. The van der Waals surface area contributed by atoms with Crippen molar-refractivity contribution in [1.82, 2.24) is 9.13 Å². The second kappa shape index (κ2) is 11.1. The fourth-order valence-electron chi connectivity index (χ4n) is 4.00. The smallest absolute Gasteiger partial charge is 0.493 e. The predicted molar refractivity (Wildman–Crippen MR) is 141 cm³/mol. The van der Waals surface area contributed by atoms with Crippen LogP contribution in [-0.2, 0) is 29.6 Å². The maximum Gasteiger partial charge on any atom is 2.00 e. The molecule has 2 aromatic carbocycles. The van der Waals surface area contributed by atoms with E-state index in [4.69, 9.17) is 23.2 Å². The number of hydrogen-bond donors (Lipinski definition) is 1. The summed E-state index contributed by atoms with van der Waals surface area (Å²) in [6.07, 6.45) is 0. The zero-order chi connectivity index (χ0) is 27.2. The number of hydrogen-bond acceptors (Lipinski definition) is 8. The minimum absolute atomic E-state index is 0. The summed E-state index contributed by atoms with van der Waals surface area (Å²) in [5.41, 5.74) is -1.27. The van der Waals surface area contributed by atoms with Crippen molar-refractivity contribution in [3.8, 4) is 5.88 Å². The molecule has 3 aromatic rings. The molecule has 1 aliphatic rings. The summed E-state index contributed by atoms with van der Waals surface area (Å²) in [6, 6.07) is 7.40. The fourth-order valence-corrected chi connectivity index (χ4v) is 4.51. The number of nitrogens with zero attached hydrogens (tertiary/aromatic N) is 6. The Hall–Kier alpha value is -3.47. The number of amides is 2.